The molecule has 0 spiro atoms. The zero-order valence-electron chi connectivity index (χ0n) is 12.3. The highest BCUT2D eigenvalue weighted by Crippen LogP contribution is 2.20. The molecule has 2 N–H and O–H groups in total. The predicted molar refractivity (Wildman–Crippen MR) is 79.7 cm³/mol. The summed E-state index contributed by atoms with van der Waals surface area (Å²) in [4.78, 5) is 14.2. The van der Waals surface area contributed by atoms with Crippen LogP contribution in [-0.2, 0) is 19.5 Å². The molecule has 6 nitrogen and oxygen atoms in total. The topological polar surface area (TPSA) is 77.0 Å². The van der Waals surface area contributed by atoms with Crippen LogP contribution in [0.5, 0.6) is 0 Å². The lowest BCUT2D eigenvalue weighted by Crippen LogP contribution is -2.29. The van der Waals surface area contributed by atoms with Gasteiger partial charge in [-0.05, 0) is 25.0 Å². The molecule has 0 unspecified atom stereocenters. The number of nitrogen functional groups attached to an aromatic ring is 1. The van der Waals surface area contributed by atoms with Crippen LogP contribution in [0.15, 0.2) is 18.2 Å². The maximum Gasteiger partial charge on any atom is 0.256 e. The van der Waals surface area contributed by atoms with Gasteiger partial charge in [0, 0.05) is 25.7 Å². The van der Waals surface area contributed by atoms with E-state index in [-0.39, 0.29) is 5.91 Å². The maximum absolute atomic E-state index is 12.6. The minimum Gasteiger partial charge on any atom is -0.398 e. The molecule has 3 rings (SSSR count). The van der Waals surface area contributed by atoms with E-state index in [0.29, 0.717) is 17.8 Å². The summed E-state index contributed by atoms with van der Waals surface area (Å²) in [6, 6.07) is 5.50. The molecule has 6 heteroatoms. The van der Waals surface area contributed by atoms with E-state index in [9.17, 15) is 4.79 Å². The summed E-state index contributed by atoms with van der Waals surface area (Å²) in [6.45, 7) is 3.28. The zero-order chi connectivity index (χ0) is 15.0. The highest BCUT2D eigenvalue weighted by atomic mass is 16.2. The Morgan fingerprint density at radius 3 is 3.00 bits per heavy atom. The molecule has 1 aromatic carbocycles. The second-order valence-electron chi connectivity index (χ2n) is 5.49. The monoisotopic (exact) mass is 285 g/mol. The number of rotatable bonds is 3. The van der Waals surface area contributed by atoms with Crippen molar-refractivity contribution in [1.29, 1.82) is 0 Å². The van der Waals surface area contributed by atoms with Crippen molar-refractivity contribution in [2.45, 2.75) is 32.9 Å². The lowest BCUT2D eigenvalue weighted by molar-refractivity contribution is 0.0780. The van der Waals surface area contributed by atoms with Gasteiger partial charge in [-0.1, -0.05) is 12.1 Å². The smallest absolute Gasteiger partial charge is 0.256 e. The van der Waals surface area contributed by atoms with Gasteiger partial charge in [-0.25, -0.2) is 0 Å². The van der Waals surface area contributed by atoms with Gasteiger partial charge >= 0.3 is 0 Å². The van der Waals surface area contributed by atoms with E-state index in [4.69, 9.17) is 5.73 Å². The molecule has 0 atom stereocenters. The number of carbonyl (C=O) groups excluding carboxylic acids is 1. The average molecular weight is 285 g/mol. The summed E-state index contributed by atoms with van der Waals surface area (Å²) in [5.41, 5.74) is 7.91. The van der Waals surface area contributed by atoms with Gasteiger partial charge in [0.15, 0.2) is 5.82 Å². The number of carbonyl (C=O) groups is 1. The highest BCUT2D eigenvalue weighted by molar-refractivity contribution is 6.00. The van der Waals surface area contributed by atoms with Crippen LogP contribution in [0.2, 0.25) is 0 Å². The number of aromatic nitrogens is 3. The minimum absolute atomic E-state index is 0.0825. The van der Waals surface area contributed by atoms with Gasteiger partial charge in [-0.15, -0.1) is 10.2 Å². The Morgan fingerprint density at radius 1 is 1.43 bits per heavy atom. The Kier molecular flexibility index (Phi) is 3.37. The normalized spacial score (nSPS) is 13.2. The quantitative estimate of drug-likeness (QED) is 0.864. The van der Waals surface area contributed by atoms with E-state index >= 15 is 0 Å². The number of benzene rings is 1. The lowest BCUT2D eigenvalue weighted by Gasteiger charge is -2.19. The van der Waals surface area contributed by atoms with E-state index in [1.807, 2.05) is 19.1 Å². The largest absolute Gasteiger partial charge is 0.398 e. The van der Waals surface area contributed by atoms with Crippen LogP contribution in [0, 0.1) is 6.92 Å². The second-order valence-corrected chi connectivity index (χ2v) is 5.49. The molecule has 21 heavy (non-hydrogen) atoms. The first-order valence-electron chi connectivity index (χ1n) is 7.09. The minimum atomic E-state index is -0.0825. The van der Waals surface area contributed by atoms with Crippen molar-refractivity contribution in [1.82, 2.24) is 19.7 Å². The van der Waals surface area contributed by atoms with Crippen LogP contribution >= 0.6 is 0 Å². The first kappa shape index (κ1) is 13.6. The number of amides is 1. The van der Waals surface area contributed by atoms with Crippen molar-refractivity contribution in [2.24, 2.45) is 0 Å². The van der Waals surface area contributed by atoms with Gasteiger partial charge in [0.2, 0.25) is 0 Å². The number of aryl methyl sites for hydroxylation is 2. The molecule has 1 aliphatic heterocycles. The van der Waals surface area contributed by atoms with Crippen molar-refractivity contribution in [3.8, 4) is 0 Å². The lowest BCUT2D eigenvalue weighted by atomic mass is 10.1. The highest BCUT2D eigenvalue weighted by Gasteiger charge is 2.22. The summed E-state index contributed by atoms with van der Waals surface area (Å²) in [6.07, 6.45) is 2.07. The second kappa shape index (κ2) is 5.20. The number of hydrogen-bond acceptors (Lipinski definition) is 4. The van der Waals surface area contributed by atoms with Crippen LogP contribution in [0.1, 0.15) is 34.0 Å². The molecule has 0 aliphatic carbocycles. The van der Waals surface area contributed by atoms with Gasteiger partial charge in [0.05, 0.1) is 12.1 Å². The van der Waals surface area contributed by atoms with Crippen LogP contribution in [0.25, 0.3) is 0 Å². The molecule has 2 heterocycles. The van der Waals surface area contributed by atoms with Gasteiger partial charge in [0.1, 0.15) is 5.82 Å². The average Bonchev–Trinajstić information content (AvgIpc) is 3.03. The Bertz CT molecular complexity index is 671. The summed E-state index contributed by atoms with van der Waals surface area (Å²) in [7, 11) is 1.77. The molecular formula is C15H19N5O. The van der Waals surface area contributed by atoms with Gasteiger partial charge < -0.3 is 15.2 Å². The van der Waals surface area contributed by atoms with Crippen molar-refractivity contribution >= 4 is 11.6 Å². The molecule has 1 aliphatic rings. The molecule has 1 aromatic heterocycles. The van der Waals surface area contributed by atoms with Gasteiger partial charge in [0.25, 0.3) is 5.91 Å². The summed E-state index contributed by atoms with van der Waals surface area (Å²) in [5.74, 6) is 1.77. The maximum atomic E-state index is 12.6. The molecule has 0 bridgehead atoms. The third-order valence-electron chi connectivity index (χ3n) is 3.93. The standard InChI is InChI=1S/C15H19N5O/c1-10-5-3-6-11(16)14(10)15(21)19(2)9-13-18-17-12-7-4-8-20(12)13/h3,5-6H,4,7-9,16H2,1-2H3. The molecule has 0 fully saturated rings. The Hall–Kier alpha value is -2.37. The van der Waals surface area contributed by atoms with Crippen LogP contribution in [0.3, 0.4) is 0 Å². The third-order valence-corrected chi connectivity index (χ3v) is 3.93. The number of nitrogens with zero attached hydrogens (tertiary/aromatic N) is 4. The number of fused-ring (bicyclic) bond motifs is 1. The molecule has 2 aromatic rings. The molecular weight excluding hydrogens is 266 g/mol. The third kappa shape index (κ3) is 2.37. The van der Waals surface area contributed by atoms with Crippen LogP contribution in [-0.4, -0.2) is 32.6 Å². The van der Waals surface area contributed by atoms with Crippen molar-refractivity contribution < 1.29 is 4.79 Å². The van der Waals surface area contributed by atoms with Crippen molar-refractivity contribution in [2.75, 3.05) is 12.8 Å². The molecule has 0 radical (unpaired) electrons. The van der Waals surface area contributed by atoms with Crippen molar-refractivity contribution in [3.05, 3.63) is 41.0 Å². The van der Waals surface area contributed by atoms with Crippen LogP contribution in [0.4, 0.5) is 5.69 Å². The van der Waals surface area contributed by atoms with E-state index in [1.165, 1.54) is 0 Å². The Morgan fingerprint density at radius 2 is 2.24 bits per heavy atom. The molecule has 1 amide bonds. The first-order chi connectivity index (χ1) is 10.1. The van der Waals surface area contributed by atoms with E-state index < -0.39 is 0 Å². The van der Waals surface area contributed by atoms with E-state index in [0.717, 1.165) is 36.6 Å². The van der Waals surface area contributed by atoms with Gasteiger partial charge in [-0.3, -0.25) is 4.79 Å². The number of anilines is 1. The molecule has 0 saturated heterocycles. The predicted octanol–water partition coefficient (Wildman–Crippen LogP) is 1.39. The van der Waals surface area contributed by atoms with E-state index in [2.05, 4.69) is 14.8 Å². The summed E-state index contributed by atoms with van der Waals surface area (Å²) >= 11 is 0. The summed E-state index contributed by atoms with van der Waals surface area (Å²) < 4.78 is 2.10. The SMILES string of the molecule is Cc1cccc(N)c1C(=O)N(C)Cc1nnc2n1CCC2. The van der Waals surface area contributed by atoms with E-state index in [1.54, 1.807) is 18.0 Å². The summed E-state index contributed by atoms with van der Waals surface area (Å²) in [5, 5.41) is 8.35. The fraction of sp³-hybridized carbons (Fsp3) is 0.400. The van der Waals surface area contributed by atoms with Gasteiger partial charge in [-0.2, -0.15) is 0 Å². The van der Waals surface area contributed by atoms with Crippen LogP contribution < -0.4 is 5.73 Å². The fourth-order valence-corrected chi connectivity index (χ4v) is 2.79. The molecule has 0 saturated carbocycles. The Balaban J connectivity index is 1.82. The zero-order valence-corrected chi connectivity index (χ0v) is 12.3. The fourth-order valence-electron chi connectivity index (χ4n) is 2.79. The first-order valence-corrected chi connectivity index (χ1v) is 7.09. The Labute approximate surface area is 123 Å². The number of hydrogen-bond donors (Lipinski definition) is 1. The van der Waals surface area contributed by atoms with Crippen molar-refractivity contribution in [3.63, 3.8) is 0 Å². The molecule has 110 valence electrons. The number of nitrogens with two attached hydrogens (primary N) is 1.